The van der Waals surface area contributed by atoms with E-state index in [1.165, 1.54) is 0 Å². The predicted octanol–water partition coefficient (Wildman–Crippen LogP) is -4.75. The van der Waals surface area contributed by atoms with E-state index in [0.29, 0.717) is 0 Å². The molecule has 0 saturated heterocycles. The zero-order valence-corrected chi connectivity index (χ0v) is 11.0. The summed E-state index contributed by atoms with van der Waals surface area (Å²) in [5, 5.41) is 0. The van der Waals surface area contributed by atoms with Crippen LogP contribution in [0.2, 0.25) is 0 Å². The second-order valence-corrected chi connectivity index (χ2v) is 0. The van der Waals surface area contributed by atoms with Gasteiger partial charge in [0.1, 0.15) is 0 Å². The SMILES string of the molecule is O.O.O.O.O.[H-].[H-].[H-].[H-].[H-].[H-].[H-].[H-].[Mg+2].[Mg+2].[Mg+2].[Mg+2]. The van der Waals surface area contributed by atoms with Gasteiger partial charge in [-0.3, -0.25) is 0 Å². The van der Waals surface area contributed by atoms with Gasteiger partial charge >= 0.3 is 92.2 Å². The molecule has 0 unspecified atom stereocenters. The molecule has 10 N–H and O–H groups in total. The molecule has 0 fully saturated rings. The van der Waals surface area contributed by atoms with Crippen LogP contribution >= 0.6 is 0 Å². The molecule has 0 aliphatic rings. The Bertz CT molecular complexity index is 25.9. The summed E-state index contributed by atoms with van der Waals surface area (Å²) < 4.78 is 0. The topological polar surface area (TPSA) is 158 Å². The fourth-order valence-electron chi connectivity index (χ4n) is 0. The van der Waals surface area contributed by atoms with E-state index in [1.54, 1.807) is 0 Å². The Balaban J connectivity index is 0. The van der Waals surface area contributed by atoms with Crippen molar-refractivity contribution in [3.8, 4) is 0 Å². The average Bonchev–Trinajstić information content (AvgIpc) is 0. The van der Waals surface area contributed by atoms with Crippen LogP contribution in [0.15, 0.2) is 0 Å². The Morgan fingerprint density at radius 1 is 0.333 bits per heavy atom. The summed E-state index contributed by atoms with van der Waals surface area (Å²) in [6, 6.07) is 0. The molecule has 9 heavy (non-hydrogen) atoms. The normalized spacial score (nSPS) is 0. The van der Waals surface area contributed by atoms with E-state index in [-0.39, 0.29) is 131 Å². The number of hydrogen-bond acceptors (Lipinski definition) is 0. The Morgan fingerprint density at radius 2 is 0.333 bits per heavy atom. The maximum absolute atomic E-state index is 0. The van der Waals surface area contributed by atoms with E-state index in [2.05, 4.69) is 0 Å². The molecule has 0 bridgehead atoms. The van der Waals surface area contributed by atoms with Crippen LogP contribution in [0.25, 0.3) is 0 Å². The van der Waals surface area contributed by atoms with E-state index in [9.17, 15) is 0 Å². The third-order valence-corrected chi connectivity index (χ3v) is 0. The van der Waals surface area contributed by atoms with Crippen LogP contribution in [-0.2, 0) is 0 Å². The third kappa shape index (κ3) is 104. The van der Waals surface area contributed by atoms with Crippen LogP contribution in [0.1, 0.15) is 11.4 Å². The standard InChI is InChI=1S/4Mg.5H2O.8H/h;;;;5*1H2;;;;;;;;/q4*+2;;;;;;8*-1. The Hall–Kier alpha value is 2.86. The van der Waals surface area contributed by atoms with Crippen molar-refractivity contribution in [3.63, 3.8) is 0 Å². The molecule has 0 aromatic carbocycles. The van der Waals surface area contributed by atoms with Gasteiger partial charge in [-0.15, -0.1) is 0 Å². The molecule has 0 radical (unpaired) electrons. The molecule has 0 aliphatic carbocycles. The van der Waals surface area contributed by atoms with Crippen LogP contribution in [0.5, 0.6) is 0 Å². The predicted molar refractivity (Wildman–Crippen MR) is 50.0 cm³/mol. The maximum Gasteiger partial charge on any atom is 2.00 e. The van der Waals surface area contributed by atoms with Crippen molar-refractivity contribution >= 4 is 92.2 Å². The first-order chi connectivity index (χ1) is 0. The Kier molecular flexibility index (Phi) is 2440. The molecule has 5 nitrogen and oxygen atoms in total. The van der Waals surface area contributed by atoms with Crippen molar-refractivity contribution in [2.45, 2.75) is 0 Å². The summed E-state index contributed by atoms with van der Waals surface area (Å²) in [6.45, 7) is 0. The van der Waals surface area contributed by atoms with Gasteiger partial charge in [0.2, 0.25) is 0 Å². The zero-order valence-electron chi connectivity index (χ0n) is 13.3. The maximum atomic E-state index is 0. The van der Waals surface area contributed by atoms with Gasteiger partial charge in [0.15, 0.2) is 0 Å². The van der Waals surface area contributed by atoms with Crippen molar-refractivity contribution < 1.29 is 38.8 Å². The van der Waals surface area contributed by atoms with Crippen molar-refractivity contribution in [2.75, 3.05) is 0 Å². The van der Waals surface area contributed by atoms with E-state index < -0.39 is 0 Å². The van der Waals surface area contributed by atoms with Crippen LogP contribution in [-0.4, -0.2) is 120 Å². The fourth-order valence-corrected chi connectivity index (χ4v) is 0. The van der Waals surface area contributed by atoms with Gasteiger partial charge in [-0.05, 0) is 0 Å². The zero-order chi connectivity index (χ0) is 0. The van der Waals surface area contributed by atoms with Gasteiger partial charge in [0, 0.05) is 0 Å². The van der Waals surface area contributed by atoms with E-state index in [0.717, 1.165) is 0 Å². The van der Waals surface area contributed by atoms with Gasteiger partial charge in [-0.25, -0.2) is 0 Å². The summed E-state index contributed by atoms with van der Waals surface area (Å²) in [7, 11) is 0. The van der Waals surface area contributed by atoms with Crippen molar-refractivity contribution in [1.82, 2.24) is 0 Å². The van der Waals surface area contributed by atoms with Crippen LogP contribution in [0, 0.1) is 0 Å². The molecule has 56 valence electrons. The van der Waals surface area contributed by atoms with E-state index in [1.807, 2.05) is 0 Å². The second kappa shape index (κ2) is 129. The first-order valence-electron chi connectivity index (χ1n) is 0. The largest absolute Gasteiger partial charge is 2.00 e. The molecular formula is H18Mg4O5. The number of hydrogen-bond donors (Lipinski definition) is 0. The molecule has 0 aromatic rings. The molecule has 0 aromatic heterocycles. The minimum atomic E-state index is 0. The van der Waals surface area contributed by atoms with Crippen molar-refractivity contribution in [3.05, 3.63) is 0 Å². The van der Waals surface area contributed by atoms with Gasteiger partial charge < -0.3 is 38.8 Å². The molecule has 0 atom stereocenters. The second-order valence-electron chi connectivity index (χ2n) is 0. The molecule has 0 heterocycles. The average molecular weight is 195 g/mol. The van der Waals surface area contributed by atoms with E-state index in [4.69, 9.17) is 0 Å². The summed E-state index contributed by atoms with van der Waals surface area (Å²) in [5.41, 5.74) is 0. The summed E-state index contributed by atoms with van der Waals surface area (Å²) in [6.07, 6.45) is 0. The van der Waals surface area contributed by atoms with Gasteiger partial charge in [-0.2, -0.15) is 0 Å². The summed E-state index contributed by atoms with van der Waals surface area (Å²) in [5.74, 6) is 0. The summed E-state index contributed by atoms with van der Waals surface area (Å²) in [4.78, 5) is 0. The first kappa shape index (κ1) is 171. The van der Waals surface area contributed by atoms with Crippen molar-refractivity contribution in [1.29, 1.82) is 0 Å². The Labute approximate surface area is 130 Å². The molecular weight excluding hydrogens is 177 g/mol. The Morgan fingerprint density at radius 3 is 0.333 bits per heavy atom. The molecule has 0 spiro atoms. The minimum Gasteiger partial charge on any atom is -1.00 e. The van der Waals surface area contributed by atoms with Crippen LogP contribution < -0.4 is 0 Å². The van der Waals surface area contributed by atoms with E-state index >= 15 is 0 Å². The van der Waals surface area contributed by atoms with Crippen LogP contribution in [0.4, 0.5) is 0 Å². The third-order valence-electron chi connectivity index (χ3n) is 0. The van der Waals surface area contributed by atoms with Crippen molar-refractivity contribution in [2.24, 2.45) is 0 Å². The first-order valence-corrected chi connectivity index (χ1v) is 0. The molecule has 0 saturated carbocycles. The summed E-state index contributed by atoms with van der Waals surface area (Å²) >= 11 is 0. The minimum absolute atomic E-state index is 0. The smallest absolute Gasteiger partial charge is 1.00 e. The molecule has 0 rings (SSSR count). The molecule has 9 heteroatoms. The van der Waals surface area contributed by atoms with Gasteiger partial charge in [-0.1, -0.05) is 0 Å². The fraction of sp³-hybridized carbons (Fsp3) is 0. The molecule has 0 amide bonds. The monoisotopic (exact) mass is 194 g/mol. The molecule has 0 aliphatic heterocycles. The number of rotatable bonds is 0. The quantitative estimate of drug-likeness (QED) is 0.340. The van der Waals surface area contributed by atoms with Crippen LogP contribution in [0.3, 0.4) is 0 Å². The van der Waals surface area contributed by atoms with Gasteiger partial charge in [0.25, 0.3) is 0 Å². The van der Waals surface area contributed by atoms with Gasteiger partial charge in [0.05, 0.1) is 0 Å².